The molecule has 0 fully saturated rings. The van der Waals surface area contributed by atoms with Gasteiger partial charge in [-0.1, -0.05) is 29.8 Å². The van der Waals surface area contributed by atoms with Crippen LogP contribution in [-0.2, 0) is 10.3 Å². The molecule has 152 valence electrons. The second-order valence-electron chi connectivity index (χ2n) is 7.67. The maximum absolute atomic E-state index is 12.9. The van der Waals surface area contributed by atoms with E-state index in [0.29, 0.717) is 22.1 Å². The highest BCUT2D eigenvalue weighted by Crippen LogP contribution is 2.57. The van der Waals surface area contributed by atoms with E-state index in [4.69, 9.17) is 21.1 Å². The van der Waals surface area contributed by atoms with E-state index in [9.17, 15) is 4.79 Å². The van der Waals surface area contributed by atoms with Crippen LogP contribution in [0.5, 0.6) is 11.5 Å². The van der Waals surface area contributed by atoms with Gasteiger partial charge < -0.3 is 14.4 Å². The highest BCUT2D eigenvalue weighted by atomic mass is 35.5. The Labute approximate surface area is 181 Å². The number of ether oxygens (including phenoxy) is 2. The highest BCUT2D eigenvalue weighted by molar-refractivity contribution is 6.31. The van der Waals surface area contributed by atoms with Gasteiger partial charge >= 0.3 is 5.97 Å². The minimum absolute atomic E-state index is 0.339. The minimum Gasteiger partial charge on any atom is -0.456 e. The van der Waals surface area contributed by atoms with E-state index in [1.165, 1.54) is 0 Å². The Bertz CT molecular complexity index is 1190. The third-order valence-electron chi connectivity index (χ3n) is 6.11. The van der Waals surface area contributed by atoms with Crippen molar-refractivity contribution in [2.75, 3.05) is 18.0 Å². The van der Waals surface area contributed by atoms with Crippen LogP contribution in [0.1, 0.15) is 46.5 Å². The summed E-state index contributed by atoms with van der Waals surface area (Å²) in [5.41, 5.74) is 3.85. The van der Waals surface area contributed by atoms with Crippen LogP contribution >= 0.6 is 11.6 Å². The Kier molecular flexibility index (Phi) is 4.30. The first kappa shape index (κ1) is 19.0. The number of carbonyl (C=O) groups excluding carboxylic acids is 1. The van der Waals surface area contributed by atoms with Crippen molar-refractivity contribution in [1.29, 1.82) is 0 Å². The number of benzene rings is 3. The van der Waals surface area contributed by atoms with Crippen molar-refractivity contribution >= 4 is 23.3 Å². The third-order valence-corrected chi connectivity index (χ3v) is 6.51. The summed E-state index contributed by atoms with van der Waals surface area (Å²) >= 11 is 6.50. The predicted molar refractivity (Wildman–Crippen MR) is 118 cm³/mol. The van der Waals surface area contributed by atoms with E-state index in [0.717, 1.165) is 41.0 Å². The molecule has 0 radical (unpaired) electrons. The molecule has 2 aliphatic heterocycles. The van der Waals surface area contributed by atoms with Crippen molar-refractivity contribution in [2.24, 2.45) is 0 Å². The summed E-state index contributed by atoms with van der Waals surface area (Å²) in [5, 5.41) is 0.611. The van der Waals surface area contributed by atoms with Crippen molar-refractivity contribution in [3.63, 3.8) is 0 Å². The van der Waals surface area contributed by atoms with Crippen molar-refractivity contribution in [3.8, 4) is 11.5 Å². The maximum Gasteiger partial charge on any atom is 0.340 e. The number of rotatable bonds is 3. The largest absolute Gasteiger partial charge is 0.456 e. The van der Waals surface area contributed by atoms with Gasteiger partial charge in [0.15, 0.2) is 5.60 Å². The van der Waals surface area contributed by atoms with Crippen molar-refractivity contribution in [2.45, 2.75) is 26.4 Å². The first-order valence-corrected chi connectivity index (χ1v) is 10.6. The molecule has 3 aromatic carbocycles. The lowest BCUT2D eigenvalue weighted by molar-refractivity contribution is 0.0224. The van der Waals surface area contributed by atoms with Gasteiger partial charge in [0.05, 0.1) is 5.56 Å². The highest BCUT2D eigenvalue weighted by Gasteiger charge is 2.53. The summed E-state index contributed by atoms with van der Waals surface area (Å²) in [5.74, 6) is 1.01. The first-order valence-electron chi connectivity index (χ1n) is 10.2. The van der Waals surface area contributed by atoms with Crippen LogP contribution in [0.4, 0.5) is 5.69 Å². The van der Waals surface area contributed by atoms with Crippen LogP contribution in [0, 0.1) is 6.92 Å². The van der Waals surface area contributed by atoms with E-state index >= 15 is 0 Å². The normalized spacial score (nSPS) is 18.3. The van der Waals surface area contributed by atoms with Gasteiger partial charge in [0.2, 0.25) is 0 Å². The average molecular weight is 420 g/mol. The first-order chi connectivity index (χ1) is 14.5. The fraction of sp³-hybridized carbons (Fsp3) is 0.240. The van der Waals surface area contributed by atoms with E-state index in [2.05, 4.69) is 24.8 Å². The molecule has 5 heteroatoms. The minimum atomic E-state index is -1.07. The standard InChI is InChI=1S/C25H22ClNO3/c1-4-27(5-2)16-10-11-19-23(13-16)29-22-12-15(3)21(26)14-20(22)25(19)18-9-7-6-8-17(18)24(28)30-25/h6-14H,4-5H2,1-3H3. The summed E-state index contributed by atoms with van der Waals surface area (Å²) in [6.45, 7) is 7.98. The number of hydrogen-bond donors (Lipinski definition) is 0. The summed E-state index contributed by atoms with van der Waals surface area (Å²) in [7, 11) is 0. The number of carbonyl (C=O) groups is 1. The monoisotopic (exact) mass is 419 g/mol. The second kappa shape index (κ2) is 6.78. The van der Waals surface area contributed by atoms with Crippen LogP contribution in [0.15, 0.2) is 54.6 Å². The fourth-order valence-electron chi connectivity index (χ4n) is 4.57. The van der Waals surface area contributed by atoms with Crippen LogP contribution < -0.4 is 9.64 Å². The zero-order valence-corrected chi connectivity index (χ0v) is 17.9. The van der Waals surface area contributed by atoms with Crippen molar-refractivity contribution in [1.82, 2.24) is 0 Å². The lowest BCUT2D eigenvalue weighted by atomic mass is 9.77. The molecular weight excluding hydrogens is 398 g/mol. The summed E-state index contributed by atoms with van der Waals surface area (Å²) in [6.07, 6.45) is 0. The van der Waals surface area contributed by atoms with E-state index < -0.39 is 5.60 Å². The maximum atomic E-state index is 12.9. The molecular formula is C25H22ClNO3. The van der Waals surface area contributed by atoms with E-state index in [1.54, 1.807) is 6.07 Å². The Hall–Kier alpha value is -2.98. The Balaban J connectivity index is 1.82. The lowest BCUT2D eigenvalue weighted by Gasteiger charge is -2.37. The molecule has 0 amide bonds. The van der Waals surface area contributed by atoms with Crippen LogP contribution in [-0.4, -0.2) is 19.1 Å². The molecule has 0 aliphatic carbocycles. The Morgan fingerprint density at radius 1 is 0.933 bits per heavy atom. The van der Waals surface area contributed by atoms with Gasteiger partial charge in [0.1, 0.15) is 11.5 Å². The number of aryl methyl sites for hydroxylation is 1. The molecule has 0 bridgehead atoms. The molecule has 2 aliphatic rings. The number of esters is 1. The third kappa shape index (κ3) is 2.50. The number of nitrogens with zero attached hydrogens (tertiary/aromatic N) is 1. The molecule has 0 saturated carbocycles. The molecule has 1 spiro atoms. The number of hydrogen-bond acceptors (Lipinski definition) is 4. The fourth-order valence-corrected chi connectivity index (χ4v) is 4.73. The SMILES string of the molecule is CCN(CC)c1ccc2c(c1)Oc1cc(C)c(Cl)cc1C21OC(=O)c2ccccc21. The topological polar surface area (TPSA) is 38.8 Å². The van der Waals surface area contributed by atoms with Gasteiger partial charge in [-0.05, 0) is 56.7 Å². The molecule has 5 rings (SSSR count). The molecule has 3 aromatic rings. The van der Waals surface area contributed by atoms with Gasteiger partial charge in [-0.2, -0.15) is 0 Å². The zero-order chi connectivity index (χ0) is 21.0. The van der Waals surface area contributed by atoms with Crippen molar-refractivity contribution in [3.05, 3.63) is 87.4 Å². The van der Waals surface area contributed by atoms with Gasteiger partial charge in [-0.25, -0.2) is 4.79 Å². The van der Waals surface area contributed by atoms with Gasteiger partial charge in [0, 0.05) is 46.6 Å². The Morgan fingerprint density at radius 3 is 2.43 bits per heavy atom. The lowest BCUT2D eigenvalue weighted by Crippen LogP contribution is -2.33. The summed E-state index contributed by atoms with van der Waals surface area (Å²) < 4.78 is 12.5. The quantitative estimate of drug-likeness (QED) is 0.483. The summed E-state index contributed by atoms with van der Waals surface area (Å²) in [4.78, 5) is 15.1. The molecule has 30 heavy (non-hydrogen) atoms. The van der Waals surface area contributed by atoms with E-state index in [1.807, 2.05) is 49.4 Å². The number of halogens is 1. The average Bonchev–Trinajstić information content (AvgIpc) is 3.04. The van der Waals surface area contributed by atoms with Gasteiger partial charge in [-0.15, -0.1) is 0 Å². The predicted octanol–water partition coefficient (Wildman–Crippen LogP) is 6.06. The van der Waals surface area contributed by atoms with Crippen LogP contribution in [0.25, 0.3) is 0 Å². The van der Waals surface area contributed by atoms with Gasteiger partial charge in [0.25, 0.3) is 0 Å². The number of fused-ring (bicyclic) bond motifs is 6. The molecule has 0 aromatic heterocycles. The molecule has 0 N–H and O–H groups in total. The molecule has 0 saturated heterocycles. The van der Waals surface area contributed by atoms with Crippen molar-refractivity contribution < 1.29 is 14.3 Å². The zero-order valence-electron chi connectivity index (χ0n) is 17.2. The molecule has 1 atom stereocenters. The smallest absolute Gasteiger partial charge is 0.340 e. The molecule has 2 heterocycles. The van der Waals surface area contributed by atoms with Crippen LogP contribution in [0.3, 0.4) is 0 Å². The van der Waals surface area contributed by atoms with Crippen LogP contribution in [0.2, 0.25) is 5.02 Å². The van der Waals surface area contributed by atoms with Gasteiger partial charge in [-0.3, -0.25) is 0 Å². The number of anilines is 1. The second-order valence-corrected chi connectivity index (χ2v) is 8.08. The Morgan fingerprint density at radius 2 is 1.67 bits per heavy atom. The molecule has 4 nitrogen and oxygen atoms in total. The van der Waals surface area contributed by atoms with E-state index in [-0.39, 0.29) is 5.97 Å². The summed E-state index contributed by atoms with van der Waals surface area (Å²) in [6, 6.07) is 17.4. The molecule has 1 unspecified atom stereocenters.